The topological polar surface area (TPSA) is 109 Å². The Morgan fingerprint density at radius 2 is 2.04 bits per heavy atom. The van der Waals surface area contributed by atoms with Crippen molar-refractivity contribution in [3.63, 3.8) is 0 Å². The second-order valence-electron chi connectivity index (χ2n) is 6.07. The summed E-state index contributed by atoms with van der Waals surface area (Å²) in [5, 5.41) is 20.9. The van der Waals surface area contributed by atoms with Crippen LogP contribution in [0.2, 0.25) is 5.28 Å². The highest BCUT2D eigenvalue weighted by Crippen LogP contribution is 2.42. The second-order valence-corrected chi connectivity index (χ2v) is 6.41. The zero-order valence-corrected chi connectivity index (χ0v) is 13.1. The number of nitrogens with zero attached hydrogens (tertiary/aromatic N) is 4. The van der Waals surface area contributed by atoms with Crippen LogP contribution in [-0.4, -0.2) is 38.1 Å². The van der Waals surface area contributed by atoms with Crippen molar-refractivity contribution in [2.75, 3.05) is 4.90 Å². The molecule has 2 fully saturated rings. The first-order valence-corrected chi connectivity index (χ1v) is 8.05. The van der Waals surface area contributed by atoms with Crippen LogP contribution in [-0.2, 0) is 4.79 Å². The smallest absolute Gasteiger partial charge is 0.329 e. The fourth-order valence-electron chi connectivity index (χ4n) is 3.34. The van der Waals surface area contributed by atoms with E-state index in [2.05, 4.69) is 9.97 Å². The van der Waals surface area contributed by atoms with Crippen molar-refractivity contribution in [2.24, 2.45) is 5.92 Å². The van der Waals surface area contributed by atoms with Crippen LogP contribution in [0.3, 0.4) is 0 Å². The summed E-state index contributed by atoms with van der Waals surface area (Å²) in [5.41, 5.74) is -0.298. The molecule has 2 saturated carbocycles. The average Bonchev–Trinajstić information content (AvgIpc) is 3.17. The molecule has 23 heavy (non-hydrogen) atoms. The highest BCUT2D eigenvalue weighted by molar-refractivity contribution is 6.28. The maximum Gasteiger partial charge on any atom is 0.329 e. The number of hydrogen-bond donors (Lipinski definition) is 1. The van der Waals surface area contributed by atoms with E-state index in [1.165, 1.54) is 0 Å². The number of rotatable bonds is 6. The van der Waals surface area contributed by atoms with Gasteiger partial charge >= 0.3 is 11.7 Å². The Morgan fingerprint density at radius 3 is 2.57 bits per heavy atom. The SMILES string of the molecule is O=C(O)[C@@H](C1CC1)N(c1nc(Cl)ncc1[N+](=O)[O-])C1CCCC1. The molecule has 1 N–H and O–H groups in total. The Hall–Kier alpha value is -1.96. The molecule has 124 valence electrons. The molecular weight excluding hydrogens is 324 g/mol. The van der Waals surface area contributed by atoms with Gasteiger partial charge in [-0.05, 0) is 43.2 Å². The van der Waals surface area contributed by atoms with E-state index < -0.39 is 16.9 Å². The molecule has 8 nitrogen and oxygen atoms in total. The van der Waals surface area contributed by atoms with E-state index in [0.717, 1.165) is 44.7 Å². The number of carboxylic acids is 1. The van der Waals surface area contributed by atoms with Gasteiger partial charge in [0.05, 0.1) is 4.92 Å². The molecule has 0 spiro atoms. The molecule has 1 aromatic rings. The highest BCUT2D eigenvalue weighted by atomic mass is 35.5. The lowest BCUT2D eigenvalue weighted by molar-refractivity contribution is -0.384. The van der Waals surface area contributed by atoms with Crippen LogP contribution < -0.4 is 4.90 Å². The minimum Gasteiger partial charge on any atom is -0.480 e. The summed E-state index contributed by atoms with van der Waals surface area (Å²) in [7, 11) is 0. The fraction of sp³-hybridized carbons (Fsp3) is 0.643. The zero-order chi connectivity index (χ0) is 16.6. The predicted octanol–water partition coefficient (Wildman–Crippen LogP) is 2.65. The van der Waals surface area contributed by atoms with Crippen molar-refractivity contribution in [1.29, 1.82) is 0 Å². The molecule has 9 heteroatoms. The quantitative estimate of drug-likeness (QED) is 0.481. The van der Waals surface area contributed by atoms with Gasteiger partial charge < -0.3 is 10.0 Å². The summed E-state index contributed by atoms with van der Waals surface area (Å²) >= 11 is 5.83. The molecule has 0 radical (unpaired) electrons. The summed E-state index contributed by atoms with van der Waals surface area (Å²) in [6.45, 7) is 0. The third-order valence-corrected chi connectivity index (χ3v) is 4.68. The molecule has 0 aliphatic heterocycles. The molecule has 1 heterocycles. The van der Waals surface area contributed by atoms with E-state index in [9.17, 15) is 20.0 Å². The summed E-state index contributed by atoms with van der Waals surface area (Å²) in [5.74, 6) is -0.939. The molecule has 3 rings (SSSR count). The molecule has 0 amide bonds. The van der Waals surface area contributed by atoms with Gasteiger partial charge in [-0.25, -0.2) is 9.78 Å². The molecule has 0 bridgehead atoms. The van der Waals surface area contributed by atoms with E-state index >= 15 is 0 Å². The van der Waals surface area contributed by atoms with E-state index in [4.69, 9.17) is 11.6 Å². The zero-order valence-electron chi connectivity index (χ0n) is 12.4. The molecule has 0 unspecified atom stereocenters. The van der Waals surface area contributed by atoms with Crippen molar-refractivity contribution in [2.45, 2.75) is 50.6 Å². The fourth-order valence-corrected chi connectivity index (χ4v) is 3.47. The maximum atomic E-state index is 11.8. The Labute approximate surface area is 137 Å². The molecule has 0 aromatic carbocycles. The summed E-state index contributed by atoms with van der Waals surface area (Å²) in [6.07, 6.45) is 6.23. The number of anilines is 1. The van der Waals surface area contributed by atoms with E-state index in [0.29, 0.717) is 0 Å². The van der Waals surface area contributed by atoms with Gasteiger partial charge in [0.25, 0.3) is 0 Å². The Kier molecular flexibility index (Phi) is 4.34. The third-order valence-electron chi connectivity index (χ3n) is 4.50. The van der Waals surface area contributed by atoms with Gasteiger partial charge in [-0.15, -0.1) is 0 Å². The summed E-state index contributed by atoms with van der Waals surface area (Å²) in [6, 6.07) is -0.871. The van der Waals surface area contributed by atoms with Crippen LogP contribution >= 0.6 is 11.6 Å². The molecule has 2 aliphatic rings. The van der Waals surface area contributed by atoms with Gasteiger partial charge in [-0.1, -0.05) is 12.8 Å². The highest BCUT2D eigenvalue weighted by Gasteiger charge is 2.45. The predicted molar refractivity (Wildman–Crippen MR) is 82.6 cm³/mol. The first kappa shape index (κ1) is 15.9. The number of halogens is 1. The molecule has 0 saturated heterocycles. The van der Waals surface area contributed by atoms with Crippen molar-refractivity contribution in [1.82, 2.24) is 9.97 Å². The van der Waals surface area contributed by atoms with Gasteiger partial charge in [-0.2, -0.15) is 4.98 Å². The average molecular weight is 341 g/mol. The number of carbonyl (C=O) groups is 1. The lowest BCUT2D eigenvalue weighted by Gasteiger charge is -2.34. The molecule has 1 aromatic heterocycles. The monoisotopic (exact) mass is 340 g/mol. The standard InChI is InChI=1S/C14H17ClN4O4/c15-14-16-7-10(19(22)23)12(17-14)18(9-3-1-2-4-9)11(13(20)21)8-5-6-8/h7-9,11H,1-6H2,(H,20,21)/t11-/m1/s1. The number of carboxylic acid groups (broad SMARTS) is 1. The second kappa shape index (κ2) is 6.27. The van der Waals surface area contributed by atoms with Gasteiger partial charge in [0.1, 0.15) is 12.2 Å². The Morgan fingerprint density at radius 1 is 1.39 bits per heavy atom. The van der Waals surface area contributed by atoms with Gasteiger partial charge in [-0.3, -0.25) is 10.1 Å². The molecule has 1 atom stereocenters. The van der Waals surface area contributed by atoms with Crippen molar-refractivity contribution < 1.29 is 14.8 Å². The normalized spacial score (nSPS) is 19.5. The van der Waals surface area contributed by atoms with Crippen LogP contribution in [0.25, 0.3) is 0 Å². The Bertz CT molecular complexity index is 631. The van der Waals surface area contributed by atoms with E-state index in [1.807, 2.05) is 0 Å². The minimum absolute atomic E-state index is 0.00134. The van der Waals surface area contributed by atoms with Crippen molar-refractivity contribution in [3.8, 4) is 0 Å². The van der Waals surface area contributed by atoms with Gasteiger partial charge in [0, 0.05) is 6.04 Å². The van der Waals surface area contributed by atoms with Gasteiger partial charge in [0.2, 0.25) is 11.1 Å². The lowest BCUT2D eigenvalue weighted by atomic mass is 10.1. The van der Waals surface area contributed by atoms with Crippen molar-refractivity contribution in [3.05, 3.63) is 21.6 Å². The van der Waals surface area contributed by atoms with Crippen molar-refractivity contribution >= 4 is 29.1 Å². The first-order valence-electron chi connectivity index (χ1n) is 7.67. The van der Waals surface area contributed by atoms with E-state index in [1.54, 1.807) is 4.90 Å². The van der Waals surface area contributed by atoms with Gasteiger partial charge in [0.15, 0.2) is 0 Å². The molecule has 2 aliphatic carbocycles. The summed E-state index contributed by atoms with van der Waals surface area (Å²) in [4.78, 5) is 31.9. The number of nitro groups is 1. The maximum absolute atomic E-state index is 11.8. The third kappa shape index (κ3) is 3.21. The largest absolute Gasteiger partial charge is 0.480 e. The Balaban J connectivity index is 2.09. The van der Waals surface area contributed by atoms with Crippen LogP contribution in [0.1, 0.15) is 38.5 Å². The van der Waals surface area contributed by atoms with Crippen LogP contribution in [0.4, 0.5) is 11.5 Å². The van der Waals surface area contributed by atoms with E-state index in [-0.39, 0.29) is 28.7 Å². The summed E-state index contributed by atoms with van der Waals surface area (Å²) < 4.78 is 0. The first-order chi connectivity index (χ1) is 11.0. The molecular formula is C14H17ClN4O4. The lowest BCUT2D eigenvalue weighted by Crippen LogP contribution is -2.49. The van der Waals surface area contributed by atoms with Crippen LogP contribution in [0.5, 0.6) is 0 Å². The minimum atomic E-state index is -0.969. The number of aromatic nitrogens is 2. The number of hydrogen-bond acceptors (Lipinski definition) is 6. The number of aliphatic carboxylic acids is 1. The van der Waals surface area contributed by atoms with Crippen LogP contribution in [0, 0.1) is 16.0 Å². The van der Waals surface area contributed by atoms with Crippen LogP contribution in [0.15, 0.2) is 6.20 Å².